The number of rotatable bonds is 16. The van der Waals surface area contributed by atoms with E-state index in [0.717, 1.165) is 48.2 Å². The number of H-pyrrole nitrogens is 1. The average molecular weight is 920 g/mol. The second kappa shape index (κ2) is 20.6. The van der Waals surface area contributed by atoms with Crippen LogP contribution in [0.3, 0.4) is 0 Å². The molecule has 0 radical (unpaired) electrons. The fourth-order valence-electron chi connectivity index (χ4n) is 8.31. The summed E-state index contributed by atoms with van der Waals surface area (Å²) in [5.74, 6) is -17.2. The average Bonchev–Trinajstić information content (AvgIpc) is 3.78. The minimum absolute atomic E-state index is 0.0491. The maximum atomic E-state index is 14.3. The lowest BCUT2D eigenvalue weighted by Crippen LogP contribution is -2.45. The molecule has 4 aromatic rings. The number of benzene rings is 3. The van der Waals surface area contributed by atoms with Crippen LogP contribution in [-0.4, -0.2) is 99.1 Å². The molecule has 1 unspecified atom stereocenters. The van der Waals surface area contributed by atoms with E-state index in [1.54, 1.807) is 25.9 Å². The molecule has 2 heterocycles. The molecular weight excluding hydrogens is 863 g/mol. The first kappa shape index (κ1) is 49.3. The predicted octanol–water partition coefficient (Wildman–Crippen LogP) is 8.17. The van der Waals surface area contributed by atoms with Crippen LogP contribution < -0.4 is 16.0 Å². The van der Waals surface area contributed by atoms with E-state index in [9.17, 15) is 41.5 Å². The van der Waals surface area contributed by atoms with Crippen LogP contribution in [0.4, 0.5) is 28.0 Å². The van der Waals surface area contributed by atoms with Crippen molar-refractivity contribution in [2.75, 3.05) is 32.0 Å². The summed E-state index contributed by atoms with van der Waals surface area (Å²) < 4.78 is 61.5. The van der Waals surface area contributed by atoms with Gasteiger partial charge in [-0.25, -0.2) is 14.6 Å². The van der Waals surface area contributed by atoms with Gasteiger partial charge in [-0.05, 0) is 157 Å². The van der Waals surface area contributed by atoms with Gasteiger partial charge in [-0.2, -0.15) is 22.7 Å². The fourth-order valence-corrected chi connectivity index (χ4v) is 8.31. The number of aromatic nitrogens is 3. The summed E-state index contributed by atoms with van der Waals surface area (Å²) in [5, 5.41) is 22.7. The molecule has 1 saturated carbocycles. The molecule has 0 spiro atoms. The molecule has 1 saturated heterocycles. The van der Waals surface area contributed by atoms with Gasteiger partial charge in [-0.3, -0.25) is 19.5 Å². The van der Waals surface area contributed by atoms with E-state index in [0.29, 0.717) is 37.8 Å². The van der Waals surface area contributed by atoms with Gasteiger partial charge in [0.2, 0.25) is 11.7 Å². The third-order valence-electron chi connectivity index (χ3n) is 12.2. The van der Waals surface area contributed by atoms with Crippen LogP contribution in [0, 0.1) is 24.7 Å². The van der Waals surface area contributed by atoms with E-state index in [4.69, 9.17) is 9.84 Å². The largest absolute Gasteiger partial charge is 0.477 e. The van der Waals surface area contributed by atoms with Crippen LogP contribution in [-0.2, 0) is 31.5 Å². The highest BCUT2D eigenvalue weighted by Crippen LogP contribution is 2.42. The van der Waals surface area contributed by atoms with Crippen LogP contribution in [0.2, 0.25) is 0 Å². The van der Waals surface area contributed by atoms with E-state index in [-0.39, 0.29) is 53.7 Å². The molecule has 5 N–H and O–H groups in total. The Morgan fingerprint density at radius 1 is 0.879 bits per heavy atom. The molecule has 3 aromatic carbocycles. The number of carboxylic acids is 1. The van der Waals surface area contributed by atoms with Gasteiger partial charge < -0.3 is 30.7 Å². The number of nitrogens with zero attached hydrogens (tertiary/aromatic N) is 3. The number of likely N-dealkylation sites (tertiary alicyclic amines) is 1. The Hall–Kier alpha value is -6.17. The lowest BCUT2D eigenvalue weighted by atomic mass is 9.77. The normalized spacial score (nSPS) is 18.0. The Labute approximate surface area is 380 Å². The molecule has 2 fully saturated rings. The second-order valence-corrected chi connectivity index (χ2v) is 18.5. The molecule has 18 heteroatoms. The van der Waals surface area contributed by atoms with Gasteiger partial charge in [0, 0.05) is 47.7 Å². The number of anilines is 1. The van der Waals surface area contributed by atoms with Crippen molar-refractivity contribution in [3.63, 3.8) is 0 Å². The van der Waals surface area contributed by atoms with Crippen molar-refractivity contribution in [1.82, 2.24) is 30.7 Å². The molecule has 1 aliphatic carbocycles. The molecule has 1 aliphatic heterocycles. The Morgan fingerprint density at radius 3 is 2.12 bits per heavy atom. The third-order valence-corrected chi connectivity index (χ3v) is 12.2. The summed E-state index contributed by atoms with van der Waals surface area (Å²) in [6, 6.07) is 19.0. The molecule has 354 valence electrons. The first-order chi connectivity index (χ1) is 31.1. The highest BCUT2D eigenvalue weighted by molar-refractivity contribution is 5.97. The number of halogens is 4. The zero-order chi connectivity index (χ0) is 48.0. The van der Waals surface area contributed by atoms with Crippen LogP contribution in [0.5, 0.6) is 0 Å². The summed E-state index contributed by atoms with van der Waals surface area (Å²) in [6.07, 6.45) is 4.11. The zero-order valence-corrected chi connectivity index (χ0v) is 37.7. The third kappa shape index (κ3) is 12.4. The number of ether oxygens (including phenoxy) is 1. The molecule has 1 aromatic heterocycles. The minimum Gasteiger partial charge on any atom is -0.477 e. The fraction of sp³-hybridized carbons (Fsp3) is 0.479. The minimum atomic E-state index is -5.45. The van der Waals surface area contributed by atoms with Gasteiger partial charge in [0.15, 0.2) is 5.82 Å². The van der Waals surface area contributed by atoms with Gasteiger partial charge in [-0.1, -0.05) is 30.3 Å². The number of aryl methyl sites for hydroxylation is 1. The van der Waals surface area contributed by atoms with E-state index in [2.05, 4.69) is 38.0 Å². The number of Topliss-reactive ketones (excluding diaryl/α,β-unsaturated/α-hetero) is 1. The van der Waals surface area contributed by atoms with Gasteiger partial charge >= 0.3 is 23.9 Å². The number of ketones is 1. The van der Waals surface area contributed by atoms with E-state index in [1.807, 2.05) is 49.4 Å². The lowest BCUT2D eigenvalue weighted by molar-refractivity contribution is -0.231. The van der Waals surface area contributed by atoms with Crippen molar-refractivity contribution in [2.24, 2.45) is 17.8 Å². The number of aromatic amines is 1. The van der Waals surface area contributed by atoms with Crippen molar-refractivity contribution in [1.29, 1.82) is 0 Å². The zero-order valence-electron chi connectivity index (χ0n) is 37.7. The second-order valence-electron chi connectivity index (χ2n) is 18.5. The van der Waals surface area contributed by atoms with Crippen molar-refractivity contribution >= 4 is 35.3 Å². The smallest absolute Gasteiger partial charge is 0.411 e. The van der Waals surface area contributed by atoms with Gasteiger partial charge in [0.1, 0.15) is 11.4 Å². The Morgan fingerprint density at radius 2 is 1.52 bits per heavy atom. The lowest BCUT2D eigenvalue weighted by Gasteiger charge is -2.29. The first-order valence-corrected chi connectivity index (χ1v) is 22.1. The van der Waals surface area contributed by atoms with E-state index >= 15 is 0 Å². The van der Waals surface area contributed by atoms with E-state index < -0.39 is 53.0 Å². The molecule has 0 bridgehead atoms. The van der Waals surface area contributed by atoms with Gasteiger partial charge in [-0.15, -0.1) is 0 Å². The monoisotopic (exact) mass is 919 g/mol. The molecular formula is C48H57F4N7O7. The van der Waals surface area contributed by atoms with Crippen LogP contribution in [0.1, 0.15) is 93.0 Å². The summed E-state index contributed by atoms with van der Waals surface area (Å²) in [7, 11) is 2.07. The predicted molar refractivity (Wildman–Crippen MR) is 238 cm³/mol. The topological polar surface area (TPSA) is 196 Å². The number of amides is 3. The molecule has 1 atom stereocenters. The highest BCUT2D eigenvalue weighted by atomic mass is 19.3. The summed E-state index contributed by atoms with van der Waals surface area (Å²) >= 11 is 0. The summed E-state index contributed by atoms with van der Waals surface area (Å²) in [4.78, 5) is 69.7. The summed E-state index contributed by atoms with van der Waals surface area (Å²) in [5.41, 5.74) is 3.92. The van der Waals surface area contributed by atoms with Crippen molar-refractivity contribution in [2.45, 2.75) is 103 Å². The summed E-state index contributed by atoms with van der Waals surface area (Å²) in [6.45, 7) is 9.61. The maximum absolute atomic E-state index is 14.3. The Kier molecular flexibility index (Phi) is 15.3. The molecule has 14 nitrogen and oxygen atoms in total. The number of carbonyl (C=O) groups is 5. The van der Waals surface area contributed by atoms with Crippen LogP contribution >= 0.6 is 0 Å². The number of carboxylic acid groups (broad SMARTS) is 1. The molecule has 66 heavy (non-hydrogen) atoms. The van der Waals surface area contributed by atoms with Gasteiger partial charge in [0.25, 0.3) is 5.91 Å². The van der Waals surface area contributed by atoms with Crippen LogP contribution in [0.25, 0.3) is 22.5 Å². The number of alkyl carbamates (subject to hydrolysis) is 1. The molecule has 2 aliphatic rings. The number of hydrogen-bond donors (Lipinski definition) is 5. The van der Waals surface area contributed by atoms with Crippen LogP contribution in [0.15, 0.2) is 66.7 Å². The van der Waals surface area contributed by atoms with Gasteiger partial charge in [0.05, 0.1) is 0 Å². The van der Waals surface area contributed by atoms with Crippen molar-refractivity contribution in [3.05, 3.63) is 89.2 Å². The van der Waals surface area contributed by atoms with E-state index in [1.165, 1.54) is 24.3 Å². The van der Waals surface area contributed by atoms with Crippen molar-refractivity contribution in [3.8, 4) is 22.5 Å². The maximum Gasteiger partial charge on any atom is 0.411 e. The Balaban J connectivity index is 1.13. The molecule has 6 rings (SSSR count). The first-order valence-electron chi connectivity index (χ1n) is 22.1. The Bertz CT molecular complexity index is 2370. The SMILES string of the molecule is Cc1cc(C(=O)NC2CCN(C)CC2)ccc1-c1ccc(CC(CC(=O)C2CCC(CNC(=O)OC(C)(C)C)CC2)C(=O)Nc2ccc(-c3n[nH]c(C(F)(F)C(F)(F)C(=O)O)n3)cc2)cc1. The number of nitrogens with one attached hydrogen (secondary N) is 4. The number of aliphatic carboxylic acids is 1. The number of hydrogen-bond acceptors (Lipinski definition) is 9. The quantitative estimate of drug-likeness (QED) is 0.0684. The number of carbonyl (C=O) groups excluding carboxylic acids is 4. The molecule has 3 amide bonds. The van der Waals surface area contributed by atoms with Crippen molar-refractivity contribution < 1.29 is 51.4 Å². The highest BCUT2D eigenvalue weighted by Gasteiger charge is 2.65. The number of alkyl halides is 4. The standard InChI is InChI=1S/C48H57F4N7O7/c1-28-24-34(41(61)55-37-20-22-59(5)23-21-37)16-19-38(28)31-10-6-29(7-11-31)25-35(26-39(60)32-12-8-30(9-13-32)27-53-45(65)66-46(2,3)4)42(62)54-36-17-14-33(15-18-36)40-56-43(58-57-40)47(49,50)48(51,52)44(63)64/h6-7,10-11,14-19,24,30,32,35,37H,8-9,12-13,20-23,25-27H2,1-5H3,(H,53,65)(H,54,62)(H,55,61)(H,63,64)(H,56,57,58). The number of piperidine rings is 1.